The van der Waals surface area contributed by atoms with Crippen LogP contribution in [0.3, 0.4) is 0 Å². The molecule has 0 unspecified atom stereocenters. The minimum Gasteiger partial charge on any atom is -0.491 e. The fourth-order valence-corrected chi connectivity index (χ4v) is 9.33. The fourth-order valence-electron chi connectivity index (χ4n) is 8.29. The van der Waals surface area contributed by atoms with E-state index in [0.717, 1.165) is 43.7 Å². The number of hydrogen-bond acceptors (Lipinski definition) is 13. The Labute approximate surface area is 432 Å². The summed E-state index contributed by atoms with van der Waals surface area (Å²) in [5, 5.41) is 20.8. The smallest absolute Gasteiger partial charge is 0.246 e. The molecule has 5 aromatic carbocycles. The monoisotopic (exact) mass is 1030 g/mol. The van der Waals surface area contributed by atoms with E-state index in [4.69, 9.17) is 30.5 Å². The lowest BCUT2D eigenvalue weighted by atomic mass is 9.85. The van der Waals surface area contributed by atoms with Crippen LogP contribution in [0.2, 0.25) is 5.02 Å². The number of ether oxygens (including phenoxy) is 4. The molecule has 1 aliphatic heterocycles. The van der Waals surface area contributed by atoms with Crippen molar-refractivity contribution < 1.29 is 42.8 Å². The van der Waals surface area contributed by atoms with Crippen molar-refractivity contribution in [2.45, 2.75) is 65.5 Å². The molecule has 380 valence electrons. The first kappa shape index (κ1) is 52.3. The molecule has 2 aromatic heterocycles. The number of anilines is 2. The fraction of sp³-hybridized carbons (Fsp3) is 0.309. The molecular weight excluding hydrogens is 973 g/mol. The quantitative estimate of drug-likeness (QED) is 0.0502. The number of benzene rings is 5. The lowest BCUT2D eigenvalue weighted by Gasteiger charge is -2.35. The molecule has 1 fully saturated rings. The van der Waals surface area contributed by atoms with Crippen molar-refractivity contribution in [1.29, 1.82) is 0 Å². The average molecular weight is 1030 g/mol. The number of nitrogens with zero attached hydrogens (tertiary/aromatic N) is 4. The summed E-state index contributed by atoms with van der Waals surface area (Å²) in [5.74, 6) is 0.0713. The number of thiazole rings is 1. The van der Waals surface area contributed by atoms with Crippen LogP contribution in [0.15, 0.2) is 121 Å². The van der Waals surface area contributed by atoms with E-state index in [1.165, 1.54) is 23.4 Å². The summed E-state index contributed by atoms with van der Waals surface area (Å²) in [6.07, 6.45) is 0.702. The third kappa shape index (κ3) is 13.9. The molecule has 0 bridgehead atoms. The maximum Gasteiger partial charge on any atom is 0.246 e. The number of fused-ring (bicyclic) bond motifs is 1. The highest BCUT2D eigenvalue weighted by Gasteiger charge is 2.44. The Balaban J connectivity index is 0.747. The number of amides is 3. The van der Waals surface area contributed by atoms with Crippen LogP contribution >= 0.6 is 22.9 Å². The number of aliphatic hydroxyl groups excluding tert-OH is 1. The topological polar surface area (TPSA) is 186 Å². The standard InChI is InChI=1S/C55H57ClFN7O8S/c1-34-50(73-33-61-34)38-10-8-35(9-11-38)28-58-53(67)47-27-42(65)29-64(47)54(68)51(55(2,3)4)63-49(66)31-70-21-20-69-22-23-71-43-16-12-37(13-17-43)39-14-18-46-44(25-39)52(60-32-59-46)62-41-15-19-48(45(56)26-41)72-30-36-6-5-7-40(57)24-36/h5-19,24-26,32-33,42,47,51,65H,20-23,27-31H2,1-4H3,(H,58,67)(H,63,66)(H,59,60,62)/t42-,47+,51+/m1/s1. The molecule has 1 saturated heterocycles. The highest BCUT2D eigenvalue weighted by molar-refractivity contribution is 7.13. The summed E-state index contributed by atoms with van der Waals surface area (Å²) in [5.41, 5.74) is 8.04. The van der Waals surface area contributed by atoms with Gasteiger partial charge in [-0.3, -0.25) is 14.4 Å². The largest absolute Gasteiger partial charge is 0.491 e. The Morgan fingerprint density at radius 2 is 1.60 bits per heavy atom. The molecule has 15 nitrogen and oxygen atoms in total. The second-order valence-corrected chi connectivity index (χ2v) is 19.9. The minimum absolute atomic E-state index is 0.0260. The maximum absolute atomic E-state index is 14.0. The van der Waals surface area contributed by atoms with Crippen molar-refractivity contribution in [2.24, 2.45) is 5.41 Å². The zero-order valence-electron chi connectivity index (χ0n) is 40.9. The average Bonchev–Trinajstić information content (AvgIpc) is 4.00. The van der Waals surface area contributed by atoms with Gasteiger partial charge in [-0.05, 0) is 94.8 Å². The van der Waals surface area contributed by atoms with Crippen LogP contribution in [0.4, 0.5) is 15.9 Å². The van der Waals surface area contributed by atoms with Crippen LogP contribution < -0.4 is 25.4 Å². The van der Waals surface area contributed by atoms with Crippen molar-refractivity contribution in [3.05, 3.63) is 149 Å². The van der Waals surface area contributed by atoms with Crippen LogP contribution in [0.25, 0.3) is 32.5 Å². The molecule has 3 atom stereocenters. The van der Waals surface area contributed by atoms with Crippen molar-refractivity contribution >= 4 is 63.1 Å². The van der Waals surface area contributed by atoms with Gasteiger partial charge in [-0.2, -0.15) is 0 Å². The van der Waals surface area contributed by atoms with E-state index >= 15 is 0 Å². The predicted molar refractivity (Wildman–Crippen MR) is 279 cm³/mol. The Morgan fingerprint density at radius 3 is 2.34 bits per heavy atom. The molecule has 0 saturated carbocycles. The van der Waals surface area contributed by atoms with Crippen molar-refractivity contribution in [2.75, 3.05) is 44.9 Å². The second kappa shape index (κ2) is 24.1. The van der Waals surface area contributed by atoms with E-state index in [1.54, 1.807) is 35.6 Å². The van der Waals surface area contributed by atoms with E-state index in [2.05, 4.69) is 30.9 Å². The molecule has 0 spiro atoms. The Morgan fingerprint density at radius 1 is 0.849 bits per heavy atom. The number of carbonyl (C=O) groups excluding carboxylic acids is 3. The number of β-amino-alcohol motifs (C(OH)–C–C–N with tert-alkyl or cyclic N) is 1. The Hall–Kier alpha value is -7.02. The lowest BCUT2D eigenvalue weighted by Crippen LogP contribution is -2.58. The predicted octanol–water partition coefficient (Wildman–Crippen LogP) is 9.06. The van der Waals surface area contributed by atoms with E-state index in [0.29, 0.717) is 33.6 Å². The van der Waals surface area contributed by atoms with E-state index in [1.807, 2.05) is 106 Å². The first-order valence-corrected chi connectivity index (χ1v) is 25.1. The van der Waals surface area contributed by atoms with Gasteiger partial charge < -0.3 is 44.9 Å². The van der Waals surface area contributed by atoms with Crippen LogP contribution in [0, 0.1) is 18.2 Å². The molecule has 0 radical (unpaired) electrons. The second-order valence-electron chi connectivity index (χ2n) is 18.6. The summed E-state index contributed by atoms with van der Waals surface area (Å²) in [7, 11) is 0. The van der Waals surface area contributed by atoms with Crippen LogP contribution in [0.5, 0.6) is 11.5 Å². The Kier molecular flexibility index (Phi) is 17.3. The van der Waals surface area contributed by atoms with E-state index in [9.17, 15) is 23.9 Å². The van der Waals surface area contributed by atoms with Crippen molar-refractivity contribution in [1.82, 2.24) is 30.5 Å². The number of halogens is 2. The van der Waals surface area contributed by atoms with Gasteiger partial charge in [0, 0.05) is 30.6 Å². The summed E-state index contributed by atoms with van der Waals surface area (Å²) >= 11 is 8.13. The van der Waals surface area contributed by atoms with Gasteiger partial charge in [-0.25, -0.2) is 19.3 Å². The number of rotatable bonds is 21. The number of likely N-dealkylation sites (tertiary alicyclic amines) is 1. The number of aromatic nitrogens is 3. The Bertz CT molecular complexity index is 3030. The van der Waals surface area contributed by atoms with Crippen molar-refractivity contribution in [3.8, 4) is 33.1 Å². The van der Waals surface area contributed by atoms with Gasteiger partial charge in [0.05, 0.1) is 52.5 Å². The molecule has 0 aliphatic carbocycles. The number of nitrogens with one attached hydrogen (secondary N) is 3. The number of aliphatic hydroxyl groups is 1. The van der Waals surface area contributed by atoms with Gasteiger partial charge >= 0.3 is 0 Å². The molecule has 73 heavy (non-hydrogen) atoms. The zero-order valence-corrected chi connectivity index (χ0v) is 42.5. The molecule has 1 aliphatic rings. The molecule has 18 heteroatoms. The minimum atomic E-state index is -0.980. The first-order valence-electron chi connectivity index (χ1n) is 23.8. The van der Waals surface area contributed by atoms with Crippen LogP contribution in [-0.4, -0.2) is 100 Å². The zero-order chi connectivity index (χ0) is 51.5. The highest BCUT2D eigenvalue weighted by atomic mass is 35.5. The van der Waals surface area contributed by atoms with E-state index < -0.39 is 35.4 Å². The van der Waals surface area contributed by atoms with Crippen LogP contribution in [0.1, 0.15) is 44.0 Å². The van der Waals surface area contributed by atoms with Gasteiger partial charge in [0.25, 0.3) is 0 Å². The lowest BCUT2D eigenvalue weighted by molar-refractivity contribution is -0.144. The normalized spacial score (nSPS) is 15.0. The molecule has 3 amide bonds. The summed E-state index contributed by atoms with van der Waals surface area (Å²) in [6, 6.07) is 31.1. The highest BCUT2D eigenvalue weighted by Crippen LogP contribution is 2.34. The number of aryl methyl sites for hydroxylation is 1. The molecule has 8 rings (SSSR count). The van der Waals surface area contributed by atoms with E-state index in [-0.39, 0.29) is 70.9 Å². The van der Waals surface area contributed by atoms with Gasteiger partial charge in [-0.1, -0.05) is 87.0 Å². The molecule has 7 aromatic rings. The molecular formula is C55H57ClFN7O8S. The van der Waals surface area contributed by atoms with Gasteiger partial charge in [0.1, 0.15) is 61.4 Å². The summed E-state index contributed by atoms with van der Waals surface area (Å²) in [4.78, 5) is 56.2. The third-order valence-corrected chi connectivity index (χ3v) is 13.4. The van der Waals surface area contributed by atoms with Gasteiger partial charge in [-0.15, -0.1) is 11.3 Å². The number of hydrogen-bond donors (Lipinski definition) is 4. The first-order chi connectivity index (χ1) is 35.2. The van der Waals surface area contributed by atoms with Gasteiger partial charge in [0.15, 0.2) is 0 Å². The summed E-state index contributed by atoms with van der Waals surface area (Å²) in [6.45, 7) is 8.44. The maximum atomic E-state index is 14.0. The summed E-state index contributed by atoms with van der Waals surface area (Å²) < 4.78 is 36.6. The SMILES string of the molecule is Cc1ncsc1-c1ccc(CNC(=O)[C@@H]2C[C@@H](O)CN2C(=O)[C@H](NC(=O)COCCOCCOc2ccc(-c3ccc4ncnc(Nc5ccc(OCc6cccc(F)c6)c(Cl)c5)c4c3)cc2)C(C)(C)C)cc1. The van der Waals surface area contributed by atoms with Gasteiger partial charge in [0.2, 0.25) is 17.7 Å². The van der Waals surface area contributed by atoms with Crippen LogP contribution in [-0.2, 0) is 37.0 Å². The molecule has 4 N–H and O–H groups in total. The molecule has 3 heterocycles. The third-order valence-electron chi connectivity index (χ3n) is 12.1. The number of carbonyl (C=O) groups is 3. The van der Waals surface area contributed by atoms with Crippen molar-refractivity contribution in [3.63, 3.8) is 0 Å².